The van der Waals surface area contributed by atoms with Gasteiger partial charge in [-0.2, -0.15) is 0 Å². The Bertz CT molecular complexity index is 930. The molecule has 3 rings (SSSR count). The van der Waals surface area contributed by atoms with Crippen LogP contribution in [0.1, 0.15) is 64.7 Å². The van der Waals surface area contributed by atoms with Gasteiger partial charge in [0, 0.05) is 17.7 Å². The summed E-state index contributed by atoms with van der Waals surface area (Å²) in [7, 11) is 1.64. The van der Waals surface area contributed by atoms with Gasteiger partial charge in [-0.05, 0) is 93.8 Å². The van der Waals surface area contributed by atoms with Crippen LogP contribution in [0.3, 0.4) is 0 Å². The lowest BCUT2D eigenvalue weighted by atomic mass is 9.97. The number of aryl methyl sites for hydroxylation is 2. The Balaban J connectivity index is 1.65. The van der Waals surface area contributed by atoms with Gasteiger partial charge in [-0.3, -0.25) is 4.79 Å². The molecular weight excluding hydrogens is 374 g/mol. The topological polar surface area (TPSA) is 47.6 Å². The Hall–Kier alpha value is -2.75. The standard InChI is InChI=1S/C26H33NO3/c1-18-14-19(2)20(3)25(15-18)30-17-23-16-22(10-11-24(23)29-4)26(28)27-13-12-21-8-6-5-7-9-21/h8,10-11,14-16H,5-7,9,12-13,17H2,1-4H3,(H,27,28). The summed E-state index contributed by atoms with van der Waals surface area (Å²) in [5.41, 5.74) is 6.46. The second-order valence-corrected chi connectivity index (χ2v) is 8.13. The van der Waals surface area contributed by atoms with Crippen molar-refractivity contribution < 1.29 is 14.3 Å². The molecule has 0 heterocycles. The van der Waals surface area contributed by atoms with Crippen molar-refractivity contribution in [3.8, 4) is 11.5 Å². The molecule has 0 aromatic heterocycles. The van der Waals surface area contributed by atoms with Crippen LogP contribution >= 0.6 is 0 Å². The van der Waals surface area contributed by atoms with E-state index >= 15 is 0 Å². The molecule has 0 saturated carbocycles. The van der Waals surface area contributed by atoms with Gasteiger partial charge in [-0.25, -0.2) is 0 Å². The van der Waals surface area contributed by atoms with E-state index in [0.717, 1.165) is 35.5 Å². The van der Waals surface area contributed by atoms with Crippen molar-refractivity contribution in [1.82, 2.24) is 5.32 Å². The van der Waals surface area contributed by atoms with Crippen LogP contribution in [0.4, 0.5) is 0 Å². The maximum Gasteiger partial charge on any atom is 0.251 e. The van der Waals surface area contributed by atoms with Gasteiger partial charge in [0.1, 0.15) is 18.1 Å². The highest BCUT2D eigenvalue weighted by atomic mass is 16.5. The van der Waals surface area contributed by atoms with Gasteiger partial charge >= 0.3 is 0 Å². The van der Waals surface area contributed by atoms with Crippen LogP contribution in [0.25, 0.3) is 0 Å². The number of hydrogen-bond acceptors (Lipinski definition) is 3. The molecule has 0 saturated heterocycles. The van der Waals surface area contributed by atoms with E-state index in [-0.39, 0.29) is 5.91 Å². The fourth-order valence-corrected chi connectivity index (χ4v) is 3.91. The summed E-state index contributed by atoms with van der Waals surface area (Å²) in [5.74, 6) is 1.53. The summed E-state index contributed by atoms with van der Waals surface area (Å²) >= 11 is 0. The quantitative estimate of drug-likeness (QED) is 0.561. The third kappa shape index (κ3) is 5.65. The molecule has 0 spiro atoms. The van der Waals surface area contributed by atoms with Gasteiger partial charge in [0.15, 0.2) is 0 Å². The lowest BCUT2D eigenvalue weighted by molar-refractivity contribution is 0.0954. The van der Waals surface area contributed by atoms with Crippen molar-refractivity contribution in [3.63, 3.8) is 0 Å². The molecule has 0 unspecified atom stereocenters. The van der Waals surface area contributed by atoms with E-state index in [0.29, 0.717) is 18.7 Å². The first-order valence-electron chi connectivity index (χ1n) is 10.8. The minimum Gasteiger partial charge on any atom is -0.496 e. The van der Waals surface area contributed by atoms with E-state index in [4.69, 9.17) is 9.47 Å². The molecule has 4 heteroatoms. The second kappa shape index (κ2) is 10.3. The fourth-order valence-electron chi connectivity index (χ4n) is 3.91. The van der Waals surface area contributed by atoms with Crippen LogP contribution in [0, 0.1) is 20.8 Å². The van der Waals surface area contributed by atoms with Gasteiger partial charge in [-0.1, -0.05) is 17.7 Å². The van der Waals surface area contributed by atoms with E-state index in [9.17, 15) is 4.79 Å². The van der Waals surface area contributed by atoms with Crippen molar-refractivity contribution in [1.29, 1.82) is 0 Å². The molecule has 2 aromatic rings. The summed E-state index contributed by atoms with van der Waals surface area (Å²) in [6, 6.07) is 9.71. The van der Waals surface area contributed by atoms with Crippen molar-refractivity contribution in [2.45, 2.75) is 59.5 Å². The third-order valence-corrected chi connectivity index (χ3v) is 5.81. The number of carbonyl (C=O) groups excluding carboxylic acids is 1. The molecule has 1 N–H and O–H groups in total. The van der Waals surface area contributed by atoms with Crippen molar-refractivity contribution in [2.75, 3.05) is 13.7 Å². The number of ether oxygens (including phenoxy) is 2. The normalized spacial score (nSPS) is 13.5. The molecule has 0 radical (unpaired) electrons. The number of allylic oxidation sites excluding steroid dienone is 1. The SMILES string of the molecule is COc1ccc(C(=O)NCCC2=CCCCC2)cc1COc1cc(C)cc(C)c1C. The number of nitrogens with one attached hydrogen (secondary N) is 1. The van der Waals surface area contributed by atoms with Crippen LogP contribution in [0.2, 0.25) is 0 Å². The van der Waals surface area contributed by atoms with E-state index < -0.39 is 0 Å². The highest BCUT2D eigenvalue weighted by Gasteiger charge is 2.13. The first-order valence-corrected chi connectivity index (χ1v) is 10.8. The van der Waals surface area contributed by atoms with E-state index in [2.05, 4.69) is 38.2 Å². The number of carbonyl (C=O) groups is 1. The molecule has 4 nitrogen and oxygen atoms in total. The summed E-state index contributed by atoms with van der Waals surface area (Å²) in [6.45, 7) is 7.23. The zero-order valence-corrected chi connectivity index (χ0v) is 18.6. The van der Waals surface area contributed by atoms with Crippen molar-refractivity contribution >= 4 is 5.91 Å². The smallest absolute Gasteiger partial charge is 0.251 e. The Morgan fingerprint density at radius 2 is 1.90 bits per heavy atom. The van der Waals surface area contributed by atoms with Gasteiger partial charge < -0.3 is 14.8 Å². The predicted molar refractivity (Wildman–Crippen MR) is 121 cm³/mol. The average molecular weight is 408 g/mol. The molecule has 0 fully saturated rings. The predicted octanol–water partition coefficient (Wildman–Crippen LogP) is 5.82. The lowest BCUT2D eigenvalue weighted by Gasteiger charge is -2.15. The minimum absolute atomic E-state index is 0.0575. The number of benzene rings is 2. The highest BCUT2D eigenvalue weighted by Crippen LogP contribution is 2.27. The zero-order valence-electron chi connectivity index (χ0n) is 18.6. The summed E-state index contributed by atoms with van der Waals surface area (Å²) < 4.78 is 11.6. The van der Waals surface area contributed by atoms with E-state index in [1.165, 1.54) is 36.0 Å². The Labute approximate surface area is 180 Å². The number of methoxy groups -OCH3 is 1. The Morgan fingerprint density at radius 1 is 1.07 bits per heavy atom. The lowest BCUT2D eigenvalue weighted by Crippen LogP contribution is -2.25. The summed E-state index contributed by atoms with van der Waals surface area (Å²) in [5, 5.41) is 3.05. The average Bonchev–Trinajstić information content (AvgIpc) is 2.75. The van der Waals surface area contributed by atoms with Crippen LogP contribution in [0.5, 0.6) is 11.5 Å². The largest absolute Gasteiger partial charge is 0.496 e. The molecule has 1 aliphatic rings. The molecule has 0 aliphatic heterocycles. The first kappa shape index (κ1) is 21.9. The second-order valence-electron chi connectivity index (χ2n) is 8.13. The molecule has 0 atom stereocenters. The van der Waals surface area contributed by atoms with Crippen LogP contribution in [-0.2, 0) is 6.61 Å². The molecule has 160 valence electrons. The van der Waals surface area contributed by atoms with Crippen molar-refractivity contribution in [3.05, 3.63) is 69.8 Å². The Morgan fingerprint density at radius 3 is 2.63 bits per heavy atom. The molecular formula is C26H33NO3. The number of amides is 1. The molecule has 1 amide bonds. The number of hydrogen-bond donors (Lipinski definition) is 1. The molecule has 1 aliphatic carbocycles. The fraction of sp³-hybridized carbons (Fsp3) is 0.423. The first-order chi connectivity index (χ1) is 14.5. The van der Waals surface area contributed by atoms with Gasteiger partial charge in [0.25, 0.3) is 5.91 Å². The monoisotopic (exact) mass is 407 g/mol. The van der Waals surface area contributed by atoms with Crippen LogP contribution in [0.15, 0.2) is 42.0 Å². The minimum atomic E-state index is -0.0575. The summed E-state index contributed by atoms with van der Waals surface area (Å²) in [4.78, 5) is 12.6. The van der Waals surface area contributed by atoms with Gasteiger partial charge in [-0.15, -0.1) is 0 Å². The maximum atomic E-state index is 12.6. The van der Waals surface area contributed by atoms with E-state index in [1.54, 1.807) is 13.2 Å². The van der Waals surface area contributed by atoms with Gasteiger partial charge in [0.05, 0.1) is 7.11 Å². The number of rotatable bonds is 8. The molecule has 2 aromatic carbocycles. The van der Waals surface area contributed by atoms with Crippen LogP contribution in [-0.4, -0.2) is 19.6 Å². The third-order valence-electron chi connectivity index (χ3n) is 5.81. The molecule has 0 bridgehead atoms. The summed E-state index contributed by atoms with van der Waals surface area (Å²) in [6.07, 6.45) is 8.15. The van der Waals surface area contributed by atoms with E-state index in [1.807, 2.05) is 18.2 Å². The highest BCUT2D eigenvalue weighted by molar-refractivity contribution is 5.94. The maximum absolute atomic E-state index is 12.6. The van der Waals surface area contributed by atoms with Crippen molar-refractivity contribution in [2.24, 2.45) is 0 Å². The Kier molecular flexibility index (Phi) is 7.56. The zero-order chi connectivity index (χ0) is 21.5. The van der Waals surface area contributed by atoms with Gasteiger partial charge in [0.2, 0.25) is 0 Å². The van der Waals surface area contributed by atoms with Crippen LogP contribution < -0.4 is 14.8 Å². The molecule has 30 heavy (non-hydrogen) atoms.